The van der Waals surface area contributed by atoms with Gasteiger partial charge in [0.1, 0.15) is 0 Å². The molecule has 0 unspecified atom stereocenters. The SMILES string of the molecule is C=Cc1c(N)c(N)cc2c1C(=O)c1ccccc1C2=O. The number of hydrogen-bond acceptors (Lipinski definition) is 4. The Labute approximate surface area is 115 Å². The van der Waals surface area contributed by atoms with Crippen molar-refractivity contribution in [3.63, 3.8) is 0 Å². The summed E-state index contributed by atoms with van der Waals surface area (Å²) in [5.74, 6) is -0.443. The van der Waals surface area contributed by atoms with Crippen LogP contribution < -0.4 is 11.5 Å². The molecule has 0 spiro atoms. The van der Waals surface area contributed by atoms with Crippen LogP contribution in [0.2, 0.25) is 0 Å². The van der Waals surface area contributed by atoms with Crippen molar-refractivity contribution in [1.82, 2.24) is 0 Å². The predicted octanol–water partition coefficient (Wildman–Crippen LogP) is 2.27. The van der Waals surface area contributed by atoms with Crippen LogP contribution in [0.3, 0.4) is 0 Å². The Morgan fingerprint density at radius 1 is 0.950 bits per heavy atom. The number of hydrogen-bond donors (Lipinski definition) is 2. The molecule has 0 radical (unpaired) electrons. The van der Waals surface area contributed by atoms with Crippen molar-refractivity contribution < 1.29 is 9.59 Å². The number of ketones is 2. The molecule has 0 atom stereocenters. The highest BCUT2D eigenvalue weighted by atomic mass is 16.1. The van der Waals surface area contributed by atoms with Gasteiger partial charge in [0.15, 0.2) is 11.6 Å². The van der Waals surface area contributed by atoms with Crippen molar-refractivity contribution in [1.29, 1.82) is 0 Å². The van der Waals surface area contributed by atoms with E-state index in [0.717, 1.165) is 0 Å². The summed E-state index contributed by atoms with van der Waals surface area (Å²) in [5, 5.41) is 0. The number of benzene rings is 2. The topological polar surface area (TPSA) is 86.2 Å². The van der Waals surface area contributed by atoms with E-state index >= 15 is 0 Å². The number of carbonyl (C=O) groups is 2. The number of anilines is 2. The van der Waals surface area contributed by atoms with E-state index < -0.39 is 0 Å². The molecule has 0 aliphatic heterocycles. The molecule has 0 aromatic heterocycles. The van der Waals surface area contributed by atoms with Gasteiger partial charge in [-0.1, -0.05) is 36.9 Å². The lowest BCUT2D eigenvalue weighted by Crippen LogP contribution is -2.23. The Hall–Kier alpha value is -2.88. The van der Waals surface area contributed by atoms with E-state index in [1.807, 2.05) is 0 Å². The summed E-state index contributed by atoms with van der Waals surface area (Å²) in [5.41, 5.74) is 14.0. The van der Waals surface area contributed by atoms with E-state index in [2.05, 4.69) is 6.58 Å². The van der Waals surface area contributed by atoms with Crippen LogP contribution in [-0.2, 0) is 0 Å². The summed E-state index contributed by atoms with van der Waals surface area (Å²) in [4.78, 5) is 25.1. The highest BCUT2D eigenvalue weighted by molar-refractivity contribution is 6.30. The van der Waals surface area contributed by atoms with Crippen LogP contribution in [0, 0.1) is 0 Å². The van der Waals surface area contributed by atoms with Crippen molar-refractivity contribution in [3.05, 3.63) is 64.7 Å². The summed E-state index contributed by atoms with van der Waals surface area (Å²) in [6, 6.07) is 8.19. The quantitative estimate of drug-likeness (QED) is 0.660. The molecule has 0 heterocycles. The molecule has 0 amide bonds. The second-order valence-electron chi connectivity index (χ2n) is 4.62. The molecule has 1 aliphatic rings. The molecule has 3 rings (SSSR count). The second kappa shape index (κ2) is 4.06. The fourth-order valence-electron chi connectivity index (χ4n) is 2.54. The Bertz CT molecular complexity index is 791. The molecule has 20 heavy (non-hydrogen) atoms. The number of fused-ring (bicyclic) bond motifs is 2. The normalized spacial score (nSPS) is 12.8. The smallest absolute Gasteiger partial charge is 0.195 e. The molecular formula is C16H12N2O2. The van der Waals surface area contributed by atoms with Gasteiger partial charge in [-0.2, -0.15) is 0 Å². The molecule has 0 saturated heterocycles. The zero-order valence-electron chi connectivity index (χ0n) is 10.6. The average Bonchev–Trinajstić information content (AvgIpc) is 2.47. The first kappa shape index (κ1) is 12.2. The number of nitrogen functional groups attached to an aromatic ring is 2. The van der Waals surface area contributed by atoms with Gasteiger partial charge in [-0.05, 0) is 6.07 Å². The van der Waals surface area contributed by atoms with E-state index in [0.29, 0.717) is 16.7 Å². The second-order valence-corrected chi connectivity index (χ2v) is 4.62. The third-order valence-electron chi connectivity index (χ3n) is 3.53. The highest BCUT2D eigenvalue weighted by Gasteiger charge is 2.32. The van der Waals surface area contributed by atoms with Crippen molar-refractivity contribution in [3.8, 4) is 0 Å². The Kier molecular flexibility index (Phi) is 2.47. The van der Waals surface area contributed by atoms with Gasteiger partial charge in [0.25, 0.3) is 0 Å². The van der Waals surface area contributed by atoms with Crippen LogP contribution in [0.1, 0.15) is 37.4 Å². The third kappa shape index (κ3) is 1.42. The van der Waals surface area contributed by atoms with Crippen LogP contribution in [-0.4, -0.2) is 11.6 Å². The molecule has 0 saturated carbocycles. The minimum absolute atomic E-state index is 0.218. The largest absolute Gasteiger partial charge is 0.397 e. The average molecular weight is 264 g/mol. The Morgan fingerprint density at radius 2 is 1.55 bits per heavy atom. The van der Waals surface area contributed by atoms with E-state index in [4.69, 9.17) is 11.5 Å². The standard InChI is InChI=1S/C16H12N2O2/c1-2-8-13-11(7-12(17)14(8)18)15(19)9-5-3-4-6-10(9)16(13)20/h2-7H,1,17-18H2. The zero-order valence-corrected chi connectivity index (χ0v) is 10.6. The van der Waals surface area contributed by atoms with Gasteiger partial charge in [0.2, 0.25) is 0 Å². The van der Waals surface area contributed by atoms with Crippen molar-refractivity contribution >= 4 is 29.0 Å². The fraction of sp³-hybridized carbons (Fsp3) is 0. The minimum atomic E-state index is -0.225. The number of rotatable bonds is 1. The minimum Gasteiger partial charge on any atom is -0.397 e. The van der Waals surface area contributed by atoms with Gasteiger partial charge in [-0.15, -0.1) is 0 Å². The highest BCUT2D eigenvalue weighted by Crippen LogP contribution is 2.35. The molecule has 1 aliphatic carbocycles. The molecule has 2 aromatic rings. The first-order chi connectivity index (χ1) is 9.56. The zero-order chi connectivity index (χ0) is 14.4. The fourth-order valence-corrected chi connectivity index (χ4v) is 2.54. The van der Waals surface area contributed by atoms with Crippen LogP contribution in [0.5, 0.6) is 0 Å². The van der Waals surface area contributed by atoms with Crippen LogP contribution in [0.4, 0.5) is 11.4 Å². The summed E-state index contributed by atoms with van der Waals surface area (Å²) >= 11 is 0. The molecule has 0 bridgehead atoms. The number of carbonyl (C=O) groups excluding carboxylic acids is 2. The molecule has 4 heteroatoms. The van der Waals surface area contributed by atoms with Gasteiger partial charge < -0.3 is 11.5 Å². The van der Waals surface area contributed by atoms with Gasteiger partial charge >= 0.3 is 0 Å². The van der Waals surface area contributed by atoms with Gasteiger partial charge in [0, 0.05) is 27.8 Å². The van der Waals surface area contributed by atoms with Crippen LogP contribution in [0.25, 0.3) is 6.08 Å². The van der Waals surface area contributed by atoms with Gasteiger partial charge in [-0.25, -0.2) is 0 Å². The van der Waals surface area contributed by atoms with Crippen molar-refractivity contribution in [2.45, 2.75) is 0 Å². The predicted molar refractivity (Wildman–Crippen MR) is 78.7 cm³/mol. The lowest BCUT2D eigenvalue weighted by Gasteiger charge is -2.21. The first-order valence-corrected chi connectivity index (χ1v) is 6.09. The molecule has 4 N–H and O–H groups in total. The monoisotopic (exact) mass is 264 g/mol. The van der Waals surface area contributed by atoms with E-state index in [-0.39, 0.29) is 34.1 Å². The van der Waals surface area contributed by atoms with E-state index in [1.165, 1.54) is 12.1 Å². The maximum atomic E-state index is 12.6. The summed E-state index contributed by atoms with van der Waals surface area (Å²) in [6.45, 7) is 3.66. The van der Waals surface area contributed by atoms with E-state index in [1.54, 1.807) is 24.3 Å². The van der Waals surface area contributed by atoms with Gasteiger partial charge in [0.05, 0.1) is 11.4 Å². The van der Waals surface area contributed by atoms with Crippen LogP contribution >= 0.6 is 0 Å². The number of nitrogens with two attached hydrogens (primary N) is 2. The maximum absolute atomic E-state index is 12.6. The van der Waals surface area contributed by atoms with Crippen LogP contribution in [0.15, 0.2) is 36.9 Å². The maximum Gasteiger partial charge on any atom is 0.195 e. The first-order valence-electron chi connectivity index (χ1n) is 6.09. The molecule has 2 aromatic carbocycles. The Morgan fingerprint density at radius 3 is 2.15 bits per heavy atom. The molecule has 4 nitrogen and oxygen atoms in total. The van der Waals surface area contributed by atoms with Crippen molar-refractivity contribution in [2.24, 2.45) is 0 Å². The molecular weight excluding hydrogens is 252 g/mol. The summed E-state index contributed by atoms with van der Waals surface area (Å²) < 4.78 is 0. The third-order valence-corrected chi connectivity index (χ3v) is 3.53. The van der Waals surface area contributed by atoms with E-state index in [9.17, 15) is 9.59 Å². The Balaban J connectivity index is 2.42. The van der Waals surface area contributed by atoms with Crippen molar-refractivity contribution in [2.75, 3.05) is 11.5 Å². The summed E-state index contributed by atoms with van der Waals surface area (Å²) in [6.07, 6.45) is 1.46. The lowest BCUT2D eigenvalue weighted by atomic mass is 9.81. The molecule has 0 fully saturated rings. The summed E-state index contributed by atoms with van der Waals surface area (Å²) in [7, 11) is 0. The molecule has 98 valence electrons. The van der Waals surface area contributed by atoms with Gasteiger partial charge in [-0.3, -0.25) is 9.59 Å². The lowest BCUT2D eigenvalue weighted by molar-refractivity contribution is 0.0979.